The van der Waals surface area contributed by atoms with Crippen molar-refractivity contribution in [2.45, 2.75) is 39.2 Å². The van der Waals surface area contributed by atoms with Gasteiger partial charge in [0, 0.05) is 0 Å². The third-order valence-electron chi connectivity index (χ3n) is 1.58. The van der Waals surface area contributed by atoms with Gasteiger partial charge in [0.2, 0.25) is 0 Å². The molecule has 0 aliphatic heterocycles. The van der Waals surface area contributed by atoms with Crippen LogP contribution in [-0.2, 0) is 0 Å². The molecule has 2 nitrogen and oxygen atoms in total. The van der Waals surface area contributed by atoms with E-state index in [9.17, 15) is 5.11 Å². The Bertz CT molecular complexity index is 132. The van der Waals surface area contributed by atoms with Gasteiger partial charge >= 0.3 is 0 Å². The van der Waals surface area contributed by atoms with Crippen LogP contribution >= 0.6 is 0 Å². The lowest BCUT2D eigenvalue weighted by Gasteiger charge is -2.18. The molecule has 0 amide bonds. The predicted octanol–water partition coefficient (Wildman–Crippen LogP) is 1.48. The molecule has 0 aromatic heterocycles. The smallest absolute Gasteiger partial charge is 0.0852 e. The van der Waals surface area contributed by atoms with Crippen molar-refractivity contribution >= 4 is 0 Å². The highest BCUT2D eigenvalue weighted by molar-refractivity contribution is 4.93. The number of hydrogen-bond donors (Lipinski definition) is 2. The topological polar surface area (TPSA) is 40.5 Å². The molecule has 0 rings (SSSR count). The lowest BCUT2D eigenvalue weighted by atomic mass is 10.0. The Morgan fingerprint density at radius 2 is 2.00 bits per heavy atom. The van der Waals surface area contributed by atoms with Crippen LogP contribution in [-0.4, -0.2) is 22.4 Å². The fraction of sp³-hybridized carbons (Fsp3) is 0.778. The zero-order chi connectivity index (χ0) is 8.91. The molecule has 0 aromatic carbocycles. The molecule has 0 spiro atoms. The van der Waals surface area contributed by atoms with E-state index in [4.69, 9.17) is 5.11 Å². The first-order chi connectivity index (χ1) is 4.98. The molecule has 0 aliphatic carbocycles. The minimum absolute atomic E-state index is 0.163. The number of aliphatic hydroxyl groups is 2. The first-order valence-corrected chi connectivity index (χ1v) is 3.94. The first-order valence-electron chi connectivity index (χ1n) is 3.94. The highest BCUT2D eigenvalue weighted by Gasteiger charge is 2.16. The normalized spacial score (nSPS) is 15.7. The number of aliphatic hydroxyl groups excluding tert-OH is 1. The second kappa shape index (κ2) is 4.52. The van der Waals surface area contributed by atoms with Crippen LogP contribution in [0.25, 0.3) is 0 Å². The van der Waals surface area contributed by atoms with Gasteiger partial charge in [0.1, 0.15) is 0 Å². The van der Waals surface area contributed by atoms with Gasteiger partial charge in [-0.2, -0.15) is 0 Å². The van der Waals surface area contributed by atoms with Crippen LogP contribution in [0.5, 0.6) is 0 Å². The van der Waals surface area contributed by atoms with Gasteiger partial charge in [-0.1, -0.05) is 11.6 Å². The highest BCUT2D eigenvalue weighted by atomic mass is 16.3. The lowest BCUT2D eigenvalue weighted by Crippen LogP contribution is -2.28. The van der Waals surface area contributed by atoms with Crippen molar-refractivity contribution in [2.24, 2.45) is 0 Å². The molecule has 0 unspecified atom stereocenters. The molecule has 11 heavy (non-hydrogen) atoms. The van der Waals surface area contributed by atoms with Crippen molar-refractivity contribution in [1.82, 2.24) is 0 Å². The summed E-state index contributed by atoms with van der Waals surface area (Å²) in [5.41, 5.74) is 0.338. The van der Waals surface area contributed by atoms with Gasteiger partial charge in [-0.05, 0) is 33.6 Å². The monoisotopic (exact) mass is 158 g/mol. The van der Waals surface area contributed by atoms with Crippen molar-refractivity contribution in [2.75, 3.05) is 6.61 Å². The molecular formula is C9H18O2. The Balaban J connectivity index is 3.62. The number of rotatable bonds is 4. The quantitative estimate of drug-likeness (QED) is 0.608. The van der Waals surface area contributed by atoms with Crippen molar-refractivity contribution in [1.29, 1.82) is 0 Å². The van der Waals surface area contributed by atoms with Crippen LogP contribution in [0.3, 0.4) is 0 Å². The van der Waals surface area contributed by atoms with E-state index < -0.39 is 5.60 Å². The van der Waals surface area contributed by atoms with Crippen molar-refractivity contribution in [3.05, 3.63) is 11.6 Å². The Kier molecular flexibility index (Phi) is 4.38. The van der Waals surface area contributed by atoms with Crippen LogP contribution in [0.2, 0.25) is 0 Å². The van der Waals surface area contributed by atoms with Gasteiger partial charge < -0.3 is 10.2 Å². The van der Waals surface area contributed by atoms with Crippen LogP contribution in [0.15, 0.2) is 11.6 Å². The van der Waals surface area contributed by atoms with E-state index >= 15 is 0 Å². The van der Waals surface area contributed by atoms with E-state index in [0.29, 0.717) is 6.42 Å². The molecule has 2 N–H and O–H groups in total. The second-order valence-corrected chi connectivity index (χ2v) is 3.48. The summed E-state index contributed by atoms with van der Waals surface area (Å²) in [7, 11) is 0. The number of allylic oxidation sites excluding steroid dienone is 2. The van der Waals surface area contributed by atoms with Gasteiger partial charge in [-0.15, -0.1) is 0 Å². The van der Waals surface area contributed by atoms with E-state index in [-0.39, 0.29) is 6.61 Å². The van der Waals surface area contributed by atoms with Crippen LogP contribution < -0.4 is 0 Å². The van der Waals surface area contributed by atoms with Gasteiger partial charge in [-0.3, -0.25) is 0 Å². The van der Waals surface area contributed by atoms with Gasteiger partial charge in [-0.25, -0.2) is 0 Å². The van der Waals surface area contributed by atoms with Gasteiger partial charge in [0.15, 0.2) is 0 Å². The summed E-state index contributed by atoms with van der Waals surface area (Å²) in [4.78, 5) is 0. The van der Waals surface area contributed by atoms with E-state index in [1.54, 1.807) is 6.92 Å². The van der Waals surface area contributed by atoms with E-state index in [1.807, 2.05) is 13.8 Å². The van der Waals surface area contributed by atoms with E-state index in [1.165, 1.54) is 5.57 Å². The molecule has 0 saturated heterocycles. The minimum atomic E-state index is -0.911. The summed E-state index contributed by atoms with van der Waals surface area (Å²) in [6.07, 6.45) is 3.51. The highest BCUT2D eigenvalue weighted by Crippen LogP contribution is 2.11. The second-order valence-electron chi connectivity index (χ2n) is 3.48. The van der Waals surface area contributed by atoms with Crippen LogP contribution in [0.4, 0.5) is 0 Å². The Morgan fingerprint density at radius 3 is 2.36 bits per heavy atom. The van der Waals surface area contributed by atoms with Crippen LogP contribution in [0.1, 0.15) is 33.6 Å². The largest absolute Gasteiger partial charge is 0.393 e. The molecule has 0 heterocycles. The summed E-state index contributed by atoms with van der Waals surface area (Å²) in [6, 6.07) is 0. The zero-order valence-corrected chi connectivity index (χ0v) is 7.59. The zero-order valence-electron chi connectivity index (χ0n) is 7.59. The molecule has 0 radical (unpaired) electrons. The summed E-state index contributed by atoms with van der Waals surface area (Å²) in [5, 5.41) is 18.0. The maximum absolute atomic E-state index is 9.36. The third-order valence-corrected chi connectivity index (χ3v) is 1.58. The van der Waals surface area contributed by atoms with Crippen molar-refractivity contribution in [3.63, 3.8) is 0 Å². The summed E-state index contributed by atoms with van der Waals surface area (Å²) in [6.45, 7) is 5.52. The molecule has 66 valence electrons. The molecule has 0 aromatic rings. The maximum atomic E-state index is 9.36. The van der Waals surface area contributed by atoms with Crippen LogP contribution in [0, 0.1) is 0 Å². The Labute approximate surface area is 68.6 Å². The van der Waals surface area contributed by atoms with E-state index in [2.05, 4.69) is 6.08 Å². The van der Waals surface area contributed by atoms with Gasteiger partial charge in [0.25, 0.3) is 0 Å². The minimum Gasteiger partial charge on any atom is -0.393 e. The third kappa shape index (κ3) is 6.07. The summed E-state index contributed by atoms with van der Waals surface area (Å²) >= 11 is 0. The average molecular weight is 158 g/mol. The van der Waals surface area contributed by atoms with E-state index in [0.717, 1.165) is 6.42 Å². The van der Waals surface area contributed by atoms with Gasteiger partial charge in [0.05, 0.1) is 12.2 Å². The maximum Gasteiger partial charge on any atom is 0.0852 e. The summed E-state index contributed by atoms with van der Waals surface area (Å²) in [5.74, 6) is 0. The molecule has 0 fully saturated rings. The summed E-state index contributed by atoms with van der Waals surface area (Å²) < 4.78 is 0. The number of hydrogen-bond acceptors (Lipinski definition) is 2. The Hall–Kier alpha value is -0.340. The predicted molar refractivity (Wildman–Crippen MR) is 46.4 cm³/mol. The fourth-order valence-corrected chi connectivity index (χ4v) is 0.751. The lowest BCUT2D eigenvalue weighted by molar-refractivity contribution is -0.00424. The molecule has 2 heteroatoms. The molecular weight excluding hydrogens is 140 g/mol. The molecule has 0 bridgehead atoms. The first kappa shape index (κ1) is 10.7. The Morgan fingerprint density at radius 1 is 1.45 bits per heavy atom. The molecule has 0 aliphatic rings. The van der Waals surface area contributed by atoms with Crippen molar-refractivity contribution < 1.29 is 10.2 Å². The fourth-order valence-electron chi connectivity index (χ4n) is 0.751. The SMILES string of the molecule is CC(C)=CCC[C@](C)(O)CO. The average Bonchev–Trinajstić information content (AvgIpc) is 1.87. The molecule has 1 atom stereocenters. The standard InChI is InChI=1S/C9H18O2/c1-8(2)5-4-6-9(3,11)7-10/h5,10-11H,4,6-7H2,1-3H3/t9-/m0/s1. The van der Waals surface area contributed by atoms with Crippen molar-refractivity contribution in [3.8, 4) is 0 Å². The molecule has 0 saturated carbocycles.